The lowest BCUT2D eigenvalue weighted by Crippen LogP contribution is -2.08. The molecule has 3 rings (SSSR count). The van der Waals surface area contributed by atoms with Gasteiger partial charge in [0.2, 0.25) is 0 Å². The zero-order valence-electron chi connectivity index (χ0n) is 7.62. The van der Waals surface area contributed by atoms with Crippen molar-refractivity contribution in [2.24, 2.45) is 0 Å². The minimum Gasteiger partial charge on any atom is -0.316 e. The first-order valence-corrected chi connectivity index (χ1v) is 5.97. The maximum atomic E-state index is 4.51. The van der Waals surface area contributed by atoms with E-state index in [1.54, 1.807) is 4.88 Å². The van der Waals surface area contributed by atoms with Gasteiger partial charge in [-0.1, -0.05) is 0 Å². The summed E-state index contributed by atoms with van der Waals surface area (Å²) in [6, 6.07) is 0. The van der Waals surface area contributed by atoms with Crippen LogP contribution in [0.25, 0.3) is 0 Å². The van der Waals surface area contributed by atoms with Crippen LogP contribution in [0.2, 0.25) is 0 Å². The van der Waals surface area contributed by atoms with Crippen molar-refractivity contribution in [3.05, 3.63) is 16.1 Å². The first kappa shape index (κ1) is 7.94. The molecule has 1 atom stereocenters. The lowest BCUT2D eigenvalue weighted by atomic mass is 10.0. The first-order valence-electron chi connectivity index (χ1n) is 5.09. The minimum atomic E-state index is 0.767. The third kappa shape index (κ3) is 1.40. The largest absolute Gasteiger partial charge is 0.316 e. The van der Waals surface area contributed by atoms with Crippen molar-refractivity contribution < 1.29 is 0 Å². The summed E-state index contributed by atoms with van der Waals surface area (Å²) in [5.41, 5.74) is 3.46. The molecule has 70 valence electrons. The smallest absolute Gasteiger partial charge is 0.0797 e. The van der Waals surface area contributed by atoms with E-state index in [2.05, 4.69) is 10.3 Å². The van der Waals surface area contributed by atoms with Gasteiger partial charge in [0.05, 0.1) is 11.2 Å². The third-order valence-corrected chi connectivity index (χ3v) is 4.03. The van der Waals surface area contributed by atoms with Crippen LogP contribution in [0.4, 0.5) is 0 Å². The van der Waals surface area contributed by atoms with Gasteiger partial charge in [-0.05, 0) is 25.8 Å². The molecule has 3 heteroatoms. The highest BCUT2D eigenvalue weighted by atomic mass is 32.1. The first-order chi connectivity index (χ1) is 6.45. The van der Waals surface area contributed by atoms with Gasteiger partial charge in [0, 0.05) is 23.3 Å². The predicted molar refractivity (Wildman–Crippen MR) is 54.3 cm³/mol. The number of nitrogens with one attached hydrogen (secondary N) is 1. The van der Waals surface area contributed by atoms with Crippen LogP contribution in [-0.2, 0) is 0 Å². The quantitative estimate of drug-likeness (QED) is 0.780. The molecule has 1 aliphatic carbocycles. The van der Waals surface area contributed by atoms with Crippen molar-refractivity contribution in [3.63, 3.8) is 0 Å². The van der Waals surface area contributed by atoms with Crippen LogP contribution in [0.5, 0.6) is 0 Å². The van der Waals surface area contributed by atoms with E-state index in [9.17, 15) is 0 Å². The third-order valence-electron chi connectivity index (χ3n) is 3.02. The summed E-state index contributed by atoms with van der Waals surface area (Å²) in [5, 5.41) is 3.43. The SMILES string of the molecule is c1nc(C2CC2)c(C2CCNC2)s1. The molecule has 2 fully saturated rings. The number of nitrogens with zero attached hydrogens (tertiary/aromatic N) is 1. The van der Waals surface area contributed by atoms with Gasteiger partial charge in [0.15, 0.2) is 0 Å². The Morgan fingerprint density at radius 2 is 2.23 bits per heavy atom. The monoisotopic (exact) mass is 194 g/mol. The van der Waals surface area contributed by atoms with Crippen LogP contribution in [0, 0.1) is 0 Å². The predicted octanol–water partition coefficient (Wildman–Crippen LogP) is 2.10. The molecule has 13 heavy (non-hydrogen) atoms. The Kier molecular flexibility index (Phi) is 1.87. The zero-order valence-corrected chi connectivity index (χ0v) is 8.44. The van der Waals surface area contributed by atoms with Crippen LogP contribution in [0.1, 0.15) is 41.7 Å². The van der Waals surface area contributed by atoms with Crippen molar-refractivity contribution >= 4 is 11.3 Å². The van der Waals surface area contributed by atoms with Crippen LogP contribution in [-0.4, -0.2) is 18.1 Å². The molecule has 0 radical (unpaired) electrons. The number of hydrogen-bond donors (Lipinski definition) is 1. The molecule has 2 nitrogen and oxygen atoms in total. The van der Waals surface area contributed by atoms with Gasteiger partial charge in [0.1, 0.15) is 0 Å². The Bertz CT molecular complexity index is 298. The Morgan fingerprint density at radius 3 is 2.92 bits per heavy atom. The molecule has 0 amide bonds. The normalized spacial score (nSPS) is 28.2. The summed E-state index contributed by atoms with van der Waals surface area (Å²) in [4.78, 5) is 6.09. The standard InChI is InChI=1S/C10H14N2S/c1-2-7(1)9-10(13-6-12-9)8-3-4-11-5-8/h6-8,11H,1-5H2. The van der Waals surface area contributed by atoms with Crippen molar-refractivity contribution in [2.45, 2.75) is 31.1 Å². The number of aromatic nitrogens is 1. The molecule has 1 aliphatic heterocycles. The molecule has 0 spiro atoms. The second kappa shape index (κ2) is 3.07. The Hall–Kier alpha value is -0.410. The summed E-state index contributed by atoms with van der Waals surface area (Å²) in [6.45, 7) is 2.36. The van der Waals surface area contributed by atoms with Crippen LogP contribution in [0.3, 0.4) is 0 Å². The fourth-order valence-corrected chi connectivity index (χ4v) is 3.12. The van der Waals surface area contributed by atoms with Crippen LogP contribution in [0.15, 0.2) is 5.51 Å². The molecule has 1 saturated heterocycles. The lowest BCUT2D eigenvalue weighted by molar-refractivity contribution is 0.761. The van der Waals surface area contributed by atoms with Gasteiger partial charge in [-0.15, -0.1) is 11.3 Å². The fraction of sp³-hybridized carbons (Fsp3) is 0.700. The van der Waals surface area contributed by atoms with Crippen LogP contribution < -0.4 is 5.32 Å². The van der Waals surface area contributed by atoms with Crippen LogP contribution >= 0.6 is 11.3 Å². The van der Waals surface area contributed by atoms with E-state index >= 15 is 0 Å². The van der Waals surface area contributed by atoms with Crippen molar-refractivity contribution in [1.29, 1.82) is 0 Å². The van der Waals surface area contributed by atoms with Gasteiger partial charge < -0.3 is 5.32 Å². The van der Waals surface area contributed by atoms with E-state index in [4.69, 9.17) is 0 Å². The molecule has 1 aromatic rings. The van der Waals surface area contributed by atoms with E-state index < -0.39 is 0 Å². The maximum absolute atomic E-state index is 4.51. The zero-order chi connectivity index (χ0) is 8.67. The number of thiazole rings is 1. The Morgan fingerprint density at radius 1 is 1.31 bits per heavy atom. The van der Waals surface area contributed by atoms with E-state index in [1.165, 1.54) is 38.0 Å². The second-order valence-corrected chi connectivity index (χ2v) is 4.95. The number of hydrogen-bond acceptors (Lipinski definition) is 3. The molecule has 2 heterocycles. The van der Waals surface area contributed by atoms with Crippen molar-refractivity contribution in [1.82, 2.24) is 10.3 Å². The van der Waals surface area contributed by atoms with E-state index in [0.29, 0.717) is 0 Å². The fourth-order valence-electron chi connectivity index (χ4n) is 2.11. The molecule has 0 aromatic carbocycles. The minimum absolute atomic E-state index is 0.767. The second-order valence-electron chi connectivity index (χ2n) is 4.07. The molecule has 1 unspecified atom stereocenters. The average molecular weight is 194 g/mol. The Balaban J connectivity index is 1.88. The van der Waals surface area contributed by atoms with Crippen molar-refractivity contribution in [2.75, 3.05) is 13.1 Å². The molecule has 2 aliphatic rings. The van der Waals surface area contributed by atoms with Gasteiger partial charge in [-0.3, -0.25) is 0 Å². The van der Waals surface area contributed by atoms with Gasteiger partial charge in [-0.2, -0.15) is 0 Å². The summed E-state index contributed by atoms with van der Waals surface area (Å²) in [5.74, 6) is 1.59. The molecule has 1 aromatic heterocycles. The lowest BCUT2D eigenvalue weighted by Gasteiger charge is -2.06. The molecule has 0 bridgehead atoms. The van der Waals surface area contributed by atoms with Crippen molar-refractivity contribution in [3.8, 4) is 0 Å². The average Bonchev–Trinajstić information content (AvgIpc) is 2.72. The number of rotatable bonds is 2. The molecular weight excluding hydrogens is 180 g/mol. The van der Waals surface area contributed by atoms with Gasteiger partial charge in [-0.25, -0.2) is 4.98 Å². The Labute approximate surface area is 82.4 Å². The molecular formula is C10H14N2S. The van der Waals surface area contributed by atoms with Gasteiger partial charge in [0.25, 0.3) is 0 Å². The summed E-state index contributed by atoms with van der Waals surface area (Å²) < 4.78 is 0. The highest BCUT2D eigenvalue weighted by molar-refractivity contribution is 7.09. The topological polar surface area (TPSA) is 24.9 Å². The summed E-state index contributed by atoms with van der Waals surface area (Å²) >= 11 is 1.86. The maximum Gasteiger partial charge on any atom is 0.0797 e. The molecule has 1 N–H and O–H groups in total. The summed E-state index contributed by atoms with van der Waals surface area (Å²) in [6.07, 6.45) is 4.05. The van der Waals surface area contributed by atoms with E-state index in [1.807, 2.05) is 16.8 Å². The molecule has 1 saturated carbocycles. The summed E-state index contributed by atoms with van der Waals surface area (Å²) in [7, 11) is 0. The highest BCUT2D eigenvalue weighted by Crippen LogP contribution is 2.44. The highest BCUT2D eigenvalue weighted by Gasteiger charge is 2.31. The van der Waals surface area contributed by atoms with Gasteiger partial charge >= 0.3 is 0 Å². The van der Waals surface area contributed by atoms with E-state index in [0.717, 1.165) is 11.8 Å². The van der Waals surface area contributed by atoms with E-state index in [-0.39, 0.29) is 0 Å².